The lowest BCUT2D eigenvalue weighted by Gasteiger charge is -2.32. The largest absolute Gasteiger partial charge is 0.381 e. The highest BCUT2D eigenvalue weighted by Crippen LogP contribution is 2.27. The molecule has 2 heterocycles. The molecule has 0 unspecified atom stereocenters. The van der Waals surface area contributed by atoms with E-state index in [0.717, 1.165) is 49.0 Å². The average Bonchev–Trinajstić information content (AvgIpc) is 2.45. The maximum atomic E-state index is 6.40. The Kier molecular flexibility index (Phi) is 5.64. The number of nitrogens with one attached hydrogen (secondary N) is 1. The number of rotatable bonds is 5. The minimum atomic E-state index is 0.457. The first-order chi connectivity index (χ1) is 9.58. The van der Waals surface area contributed by atoms with Crippen LogP contribution in [0.3, 0.4) is 0 Å². The van der Waals surface area contributed by atoms with Gasteiger partial charge in [0.1, 0.15) is 5.82 Å². The Hall–Kier alpha value is -0.840. The highest BCUT2D eigenvalue weighted by atomic mass is 35.5. The molecule has 0 amide bonds. The first-order valence-electron chi connectivity index (χ1n) is 7.26. The summed E-state index contributed by atoms with van der Waals surface area (Å²) >= 11 is 6.40. The second-order valence-electron chi connectivity index (χ2n) is 5.64. The molecule has 112 valence electrons. The molecule has 1 saturated heterocycles. The van der Waals surface area contributed by atoms with Crippen LogP contribution in [0, 0.1) is 0 Å². The van der Waals surface area contributed by atoms with Gasteiger partial charge in [-0.05, 0) is 24.5 Å². The maximum Gasteiger partial charge on any atom is 0.147 e. The minimum Gasteiger partial charge on any atom is -0.381 e. The molecule has 0 saturated carbocycles. The Morgan fingerprint density at radius 3 is 2.75 bits per heavy atom. The van der Waals surface area contributed by atoms with E-state index in [0.29, 0.717) is 12.1 Å². The summed E-state index contributed by atoms with van der Waals surface area (Å²) in [5, 5.41) is 4.10. The summed E-state index contributed by atoms with van der Waals surface area (Å²) in [6.45, 7) is 6.70. The molecule has 1 aliphatic rings. The summed E-state index contributed by atoms with van der Waals surface area (Å²) in [6.07, 6.45) is 3.97. The summed E-state index contributed by atoms with van der Waals surface area (Å²) in [4.78, 5) is 6.73. The van der Waals surface area contributed by atoms with E-state index in [1.807, 2.05) is 12.3 Å². The lowest BCUT2D eigenvalue weighted by Crippen LogP contribution is -2.37. The van der Waals surface area contributed by atoms with Crippen LogP contribution >= 0.6 is 11.6 Å². The Morgan fingerprint density at radius 2 is 2.15 bits per heavy atom. The topological polar surface area (TPSA) is 37.4 Å². The number of hydrogen-bond acceptors (Lipinski definition) is 4. The zero-order valence-corrected chi connectivity index (χ0v) is 13.3. The van der Waals surface area contributed by atoms with Gasteiger partial charge in [0.2, 0.25) is 0 Å². The first kappa shape index (κ1) is 15.5. The molecular weight excluding hydrogens is 274 g/mol. The van der Waals surface area contributed by atoms with Gasteiger partial charge in [-0.2, -0.15) is 0 Å². The number of ether oxygens (including phenoxy) is 1. The van der Waals surface area contributed by atoms with Crippen LogP contribution in [-0.2, 0) is 11.3 Å². The van der Waals surface area contributed by atoms with Crippen molar-refractivity contribution in [1.82, 2.24) is 10.3 Å². The Bertz CT molecular complexity index is 433. The van der Waals surface area contributed by atoms with Crippen molar-refractivity contribution in [2.24, 2.45) is 0 Å². The predicted molar refractivity (Wildman–Crippen MR) is 83.5 cm³/mol. The molecule has 0 aliphatic carbocycles. The Labute approximate surface area is 126 Å². The summed E-state index contributed by atoms with van der Waals surface area (Å²) in [5.41, 5.74) is 1.12. The number of aromatic nitrogens is 1. The smallest absolute Gasteiger partial charge is 0.147 e. The fourth-order valence-electron chi connectivity index (χ4n) is 2.39. The number of nitrogens with zero attached hydrogens (tertiary/aromatic N) is 2. The van der Waals surface area contributed by atoms with Gasteiger partial charge in [0.25, 0.3) is 0 Å². The quantitative estimate of drug-likeness (QED) is 0.907. The van der Waals surface area contributed by atoms with E-state index in [4.69, 9.17) is 16.3 Å². The summed E-state index contributed by atoms with van der Waals surface area (Å²) in [5.74, 6) is 0.867. The van der Waals surface area contributed by atoms with Crippen LogP contribution in [0.2, 0.25) is 5.02 Å². The fraction of sp³-hybridized carbons (Fsp3) is 0.667. The van der Waals surface area contributed by atoms with Crippen molar-refractivity contribution in [3.63, 3.8) is 0 Å². The molecule has 0 atom stereocenters. The highest BCUT2D eigenvalue weighted by Gasteiger charge is 2.21. The van der Waals surface area contributed by atoms with Gasteiger partial charge in [-0.1, -0.05) is 25.4 Å². The third-order valence-electron chi connectivity index (χ3n) is 3.67. The second kappa shape index (κ2) is 7.25. The van der Waals surface area contributed by atoms with Gasteiger partial charge in [0, 0.05) is 45.1 Å². The van der Waals surface area contributed by atoms with Crippen molar-refractivity contribution in [2.45, 2.75) is 45.3 Å². The van der Waals surface area contributed by atoms with Crippen LogP contribution in [0.5, 0.6) is 0 Å². The standard InChI is InChI=1S/C15H24ClN3O/c1-11(2)17-9-12-8-14(16)15(18-10-12)19(3)13-4-6-20-7-5-13/h8,10-11,13,17H,4-7,9H2,1-3H3. The van der Waals surface area contributed by atoms with Crippen LogP contribution in [0.4, 0.5) is 5.82 Å². The number of pyridine rings is 1. The summed E-state index contributed by atoms with van der Waals surface area (Å²) in [7, 11) is 2.07. The van der Waals surface area contributed by atoms with Gasteiger partial charge in [0.15, 0.2) is 0 Å². The Morgan fingerprint density at radius 1 is 1.45 bits per heavy atom. The molecule has 1 aromatic rings. The lowest BCUT2D eigenvalue weighted by molar-refractivity contribution is 0.0853. The van der Waals surface area contributed by atoms with E-state index < -0.39 is 0 Å². The molecule has 20 heavy (non-hydrogen) atoms. The van der Waals surface area contributed by atoms with Crippen LogP contribution < -0.4 is 10.2 Å². The van der Waals surface area contributed by atoms with Gasteiger partial charge >= 0.3 is 0 Å². The number of halogens is 1. The third-order valence-corrected chi connectivity index (χ3v) is 3.94. The van der Waals surface area contributed by atoms with Crippen LogP contribution in [-0.4, -0.2) is 37.3 Å². The van der Waals surface area contributed by atoms with Crippen molar-refractivity contribution in [2.75, 3.05) is 25.2 Å². The number of anilines is 1. The van der Waals surface area contributed by atoms with Gasteiger partial charge in [-0.25, -0.2) is 4.98 Å². The SMILES string of the molecule is CC(C)NCc1cnc(N(C)C2CCOCC2)c(Cl)c1. The second-order valence-corrected chi connectivity index (χ2v) is 6.05. The van der Waals surface area contributed by atoms with Gasteiger partial charge in [0.05, 0.1) is 5.02 Å². The average molecular weight is 298 g/mol. The highest BCUT2D eigenvalue weighted by molar-refractivity contribution is 6.33. The Balaban J connectivity index is 2.04. The van der Waals surface area contributed by atoms with Crippen LogP contribution in [0.1, 0.15) is 32.3 Å². The fourth-order valence-corrected chi connectivity index (χ4v) is 2.72. The minimum absolute atomic E-state index is 0.457. The lowest BCUT2D eigenvalue weighted by atomic mass is 10.1. The van der Waals surface area contributed by atoms with Crippen molar-refractivity contribution < 1.29 is 4.74 Å². The van der Waals surface area contributed by atoms with Crippen molar-refractivity contribution in [3.05, 3.63) is 22.8 Å². The molecule has 0 bridgehead atoms. The molecule has 0 radical (unpaired) electrons. The molecule has 1 N–H and O–H groups in total. The van der Waals surface area contributed by atoms with E-state index in [2.05, 4.69) is 36.1 Å². The normalized spacial score (nSPS) is 16.6. The molecule has 1 aliphatic heterocycles. The van der Waals surface area contributed by atoms with Crippen LogP contribution in [0.25, 0.3) is 0 Å². The number of hydrogen-bond donors (Lipinski definition) is 1. The van der Waals surface area contributed by atoms with E-state index in [1.54, 1.807) is 0 Å². The molecule has 2 rings (SSSR count). The van der Waals surface area contributed by atoms with E-state index in [-0.39, 0.29) is 0 Å². The molecule has 0 aromatic carbocycles. The predicted octanol–water partition coefficient (Wildman–Crippen LogP) is 2.85. The summed E-state index contributed by atoms with van der Waals surface area (Å²) in [6, 6.07) is 2.93. The molecule has 4 nitrogen and oxygen atoms in total. The monoisotopic (exact) mass is 297 g/mol. The van der Waals surface area contributed by atoms with E-state index >= 15 is 0 Å². The summed E-state index contributed by atoms with van der Waals surface area (Å²) < 4.78 is 5.40. The van der Waals surface area contributed by atoms with Crippen molar-refractivity contribution in [3.8, 4) is 0 Å². The van der Waals surface area contributed by atoms with Gasteiger partial charge in [-0.3, -0.25) is 0 Å². The molecule has 0 spiro atoms. The van der Waals surface area contributed by atoms with Gasteiger partial charge in [-0.15, -0.1) is 0 Å². The zero-order chi connectivity index (χ0) is 14.5. The molecule has 1 fully saturated rings. The van der Waals surface area contributed by atoms with Crippen LogP contribution in [0.15, 0.2) is 12.3 Å². The zero-order valence-electron chi connectivity index (χ0n) is 12.5. The van der Waals surface area contributed by atoms with Gasteiger partial charge < -0.3 is 15.0 Å². The third kappa shape index (κ3) is 4.08. The molecule has 5 heteroatoms. The van der Waals surface area contributed by atoms with E-state index in [9.17, 15) is 0 Å². The van der Waals surface area contributed by atoms with Crippen molar-refractivity contribution >= 4 is 17.4 Å². The molecule has 1 aromatic heterocycles. The molecular formula is C15H24ClN3O. The van der Waals surface area contributed by atoms with E-state index in [1.165, 1.54) is 0 Å². The first-order valence-corrected chi connectivity index (χ1v) is 7.64. The van der Waals surface area contributed by atoms with Crippen molar-refractivity contribution in [1.29, 1.82) is 0 Å². The maximum absolute atomic E-state index is 6.40.